The Morgan fingerprint density at radius 2 is 1.53 bits per heavy atom. The minimum absolute atomic E-state index is 0.0630. The van der Waals surface area contributed by atoms with Gasteiger partial charge in [0.1, 0.15) is 18.0 Å². The third kappa shape index (κ3) is 7.51. The second kappa shape index (κ2) is 13.9. The SMILES string of the molecule is CCCC(CC)C(=O)C(=C=O)C(C)(C)CCC(=O)C(C=O)(CC(CC)CC)C(C)C(C)C. The molecule has 0 N–H and O–H groups in total. The fourth-order valence-corrected chi connectivity index (χ4v) is 4.80. The lowest BCUT2D eigenvalue weighted by molar-refractivity contribution is -0.141. The van der Waals surface area contributed by atoms with E-state index in [1.54, 1.807) is 0 Å². The normalized spacial score (nSPS) is 15.7. The van der Waals surface area contributed by atoms with Gasteiger partial charge in [-0.05, 0) is 43.4 Å². The molecule has 4 nitrogen and oxygen atoms in total. The summed E-state index contributed by atoms with van der Waals surface area (Å²) in [7, 11) is 0. The van der Waals surface area contributed by atoms with Crippen molar-refractivity contribution in [2.24, 2.45) is 34.5 Å². The lowest BCUT2D eigenvalue weighted by Crippen LogP contribution is -2.43. The second-order valence-corrected chi connectivity index (χ2v) is 10.6. The van der Waals surface area contributed by atoms with Gasteiger partial charge in [0.25, 0.3) is 0 Å². The minimum Gasteiger partial charge on any atom is -0.302 e. The number of carbonyl (C=O) groups is 3. The van der Waals surface area contributed by atoms with E-state index in [2.05, 4.69) is 27.7 Å². The maximum absolute atomic E-state index is 13.6. The molecule has 0 saturated carbocycles. The Morgan fingerprint density at radius 1 is 0.969 bits per heavy atom. The van der Waals surface area contributed by atoms with Gasteiger partial charge in [0, 0.05) is 17.8 Å². The van der Waals surface area contributed by atoms with Gasteiger partial charge in [-0.1, -0.05) is 81.6 Å². The van der Waals surface area contributed by atoms with Gasteiger partial charge in [0.05, 0.1) is 11.0 Å². The first-order chi connectivity index (χ1) is 14.9. The summed E-state index contributed by atoms with van der Waals surface area (Å²) < 4.78 is 0. The van der Waals surface area contributed by atoms with E-state index in [1.807, 2.05) is 40.6 Å². The number of Topliss-reactive ketones (excluding diaryl/α,β-unsaturated/α-hetero) is 2. The van der Waals surface area contributed by atoms with E-state index >= 15 is 0 Å². The van der Waals surface area contributed by atoms with Crippen molar-refractivity contribution in [3.8, 4) is 0 Å². The number of allylic oxidation sites excluding steroid dienone is 1. The minimum atomic E-state index is -1.02. The summed E-state index contributed by atoms with van der Waals surface area (Å²) in [5.74, 6) is 1.96. The van der Waals surface area contributed by atoms with Crippen molar-refractivity contribution >= 4 is 23.8 Å². The Hall–Kier alpha value is -1.54. The fraction of sp³-hybridized carbons (Fsp3) is 0.821. The molecule has 3 atom stereocenters. The van der Waals surface area contributed by atoms with E-state index in [0.717, 1.165) is 32.0 Å². The molecule has 3 unspecified atom stereocenters. The molecule has 0 heterocycles. The van der Waals surface area contributed by atoms with Crippen LogP contribution in [-0.4, -0.2) is 23.8 Å². The third-order valence-electron chi connectivity index (χ3n) is 7.83. The number of aldehydes is 1. The van der Waals surface area contributed by atoms with Gasteiger partial charge in [-0.15, -0.1) is 0 Å². The Morgan fingerprint density at radius 3 is 1.91 bits per heavy atom. The van der Waals surface area contributed by atoms with Crippen molar-refractivity contribution in [3.63, 3.8) is 0 Å². The predicted molar refractivity (Wildman–Crippen MR) is 132 cm³/mol. The van der Waals surface area contributed by atoms with Gasteiger partial charge in [0.2, 0.25) is 0 Å². The highest BCUT2D eigenvalue weighted by molar-refractivity contribution is 6.05. The summed E-state index contributed by atoms with van der Waals surface area (Å²) in [5.41, 5.74) is -1.64. The average molecular weight is 449 g/mol. The van der Waals surface area contributed by atoms with Crippen LogP contribution in [-0.2, 0) is 19.2 Å². The molecule has 0 aliphatic rings. The van der Waals surface area contributed by atoms with E-state index in [1.165, 1.54) is 0 Å². The fourth-order valence-electron chi connectivity index (χ4n) is 4.80. The van der Waals surface area contributed by atoms with Gasteiger partial charge in [-0.2, -0.15) is 0 Å². The van der Waals surface area contributed by atoms with Gasteiger partial charge < -0.3 is 4.79 Å². The molecule has 0 amide bonds. The number of carbonyl (C=O) groups excluding carboxylic acids is 4. The molecule has 0 rings (SSSR count). The van der Waals surface area contributed by atoms with Crippen molar-refractivity contribution in [2.75, 3.05) is 0 Å². The molecular weight excluding hydrogens is 400 g/mol. The molecule has 0 aliphatic carbocycles. The molecule has 184 valence electrons. The Bertz CT molecular complexity index is 665. The zero-order valence-corrected chi connectivity index (χ0v) is 22.2. The lowest BCUT2D eigenvalue weighted by atomic mass is 9.63. The van der Waals surface area contributed by atoms with Crippen LogP contribution in [0.15, 0.2) is 5.57 Å². The summed E-state index contributed by atoms with van der Waals surface area (Å²) in [4.78, 5) is 50.9. The molecular formula is C28H48O4. The maximum atomic E-state index is 13.6. The van der Waals surface area contributed by atoms with Crippen LogP contribution in [0.3, 0.4) is 0 Å². The first kappa shape index (κ1) is 30.5. The molecule has 0 spiro atoms. The molecule has 0 saturated heterocycles. The van der Waals surface area contributed by atoms with Crippen molar-refractivity contribution in [1.82, 2.24) is 0 Å². The van der Waals surface area contributed by atoms with Crippen LogP contribution in [0.2, 0.25) is 0 Å². The van der Waals surface area contributed by atoms with Crippen molar-refractivity contribution in [1.29, 1.82) is 0 Å². The first-order valence-electron chi connectivity index (χ1n) is 12.7. The van der Waals surface area contributed by atoms with Crippen LogP contribution in [0, 0.1) is 34.5 Å². The molecule has 0 radical (unpaired) electrons. The van der Waals surface area contributed by atoms with E-state index < -0.39 is 10.8 Å². The Kier molecular flexibility index (Phi) is 13.2. The monoisotopic (exact) mass is 448 g/mol. The first-order valence-corrected chi connectivity index (χ1v) is 12.7. The molecule has 0 aromatic heterocycles. The third-order valence-corrected chi connectivity index (χ3v) is 7.83. The highest BCUT2D eigenvalue weighted by atomic mass is 16.1. The van der Waals surface area contributed by atoms with E-state index in [0.29, 0.717) is 25.2 Å². The molecule has 0 bridgehead atoms. The molecule has 0 aromatic rings. The van der Waals surface area contributed by atoms with Crippen LogP contribution in [0.25, 0.3) is 0 Å². The predicted octanol–water partition coefficient (Wildman–Crippen LogP) is 6.82. The van der Waals surface area contributed by atoms with Crippen LogP contribution in [0.4, 0.5) is 0 Å². The summed E-state index contributed by atoms with van der Waals surface area (Å²) in [6.07, 6.45) is 6.14. The van der Waals surface area contributed by atoms with Crippen molar-refractivity contribution in [3.05, 3.63) is 5.57 Å². The topological polar surface area (TPSA) is 68.3 Å². The van der Waals surface area contributed by atoms with Crippen molar-refractivity contribution < 1.29 is 19.2 Å². The molecule has 0 fully saturated rings. The standard InChI is InChI=1S/C28H48O4/c1-10-14-23(13-4)26(32)24(18-29)27(8,9)16-15-25(31)28(19-30,21(7)20(5)6)17-22(11-2)12-3/h19-23H,10-17H2,1-9H3. The number of hydrogen-bond acceptors (Lipinski definition) is 4. The van der Waals surface area contributed by atoms with Crippen LogP contribution >= 0.6 is 0 Å². The number of hydrogen-bond donors (Lipinski definition) is 0. The summed E-state index contributed by atoms with van der Waals surface area (Å²) >= 11 is 0. The van der Waals surface area contributed by atoms with Crippen LogP contribution in [0.5, 0.6) is 0 Å². The number of rotatable bonds is 17. The zero-order chi connectivity index (χ0) is 25.1. The Balaban J connectivity index is 5.85. The van der Waals surface area contributed by atoms with Gasteiger partial charge in [-0.3, -0.25) is 9.59 Å². The molecule has 0 aromatic carbocycles. The van der Waals surface area contributed by atoms with E-state index in [4.69, 9.17) is 0 Å². The highest BCUT2D eigenvalue weighted by Gasteiger charge is 2.45. The smallest absolute Gasteiger partial charge is 0.173 e. The molecule has 32 heavy (non-hydrogen) atoms. The van der Waals surface area contributed by atoms with Gasteiger partial charge in [-0.25, -0.2) is 4.79 Å². The molecule has 0 aliphatic heterocycles. The summed E-state index contributed by atoms with van der Waals surface area (Å²) in [6.45, 7) is 18.0. The highest BCUT2D eigenvalue weighted by Crippen LogP contribution is 2.42. The summed E-state index contributed by atoms with van der Waals surface area (Å²) in [6, 6.07) is 0. The van der Waals surface area contributed by atoms with Gasteiger partial charge >= 0.3 is 0 Å². The summed E-state index contributed by atoms with van der Waals surface area (Å²) in [5, 5.41) is 0. The van der Waals surface area contributed by atoms with Crippen LogP contribution < -0.4 is 0 Å². The quantitative estimate of drug-likeness (QED) is 0.106. The van der Waals surface area contributed by atoms with Crippen molar-refractivity contribution in [2.45, 2.75) is 114 Å². The van der Waals surface area contributed by atoms with E-state index in [9.17, 15) is 19.2 Å². The Labute approximate surface area is 197 Å². The largest absolute Gasteiger partial charge is 0.302 e. The van der Waals surface area contributed by atoms with E-state index in [-0.39, 0.29) is 41.3 Å². The maximum Gasteiger partial charge on any atom is 0.173 e. The number of ketones is 2. The molecule has 4 heteroatoms. The van der Waals surface area contributed by atoms with Crippen LogP contribution in [0.1, 0.15) is 114 Å². The van der Waals surface area contributed by atoms with Gasteiger partial charge in [0.15, 0.2) is 5.78 Å². The average Bonchev–Trinajstić information content (AvgIpc) is 2.76. The zero-order valence-electron chi connectivity index (χ0n) is 22.2. The lowest BCUT2D eigenvalue weighted by Gasteiger charge is -2.38. The second-order valence-electron chi connectivity index (χ2n) is 10.6.